The van der Waals surface area contributed by atoms with Crippen LogP contribution in [0.2, 0.25) is 0 Å². The maximum absolute atomic E-state index is 13.0. The summed E-state index contributed by atoms with van der Waals surface area (Å²) >= 11 is 0. The minimum absolute atomic E-state index is 0.0709. The summed E-state index contributed by atoms with van der Waals surface area (Å²) in [5, 5.41) is 11.3. The minimum Gasteiger partial charge on any atom is -0.323 e. The lowest BCUT2D eigenvalue weighted by Crippen LogP contribution is -2.42. The molecule has 1 fully saturated rings. The Morgan fingerprint density at radius 1 is 1.37 bits per heavy atom. The van der Waals surface area contributed by atoms with Crippen molar-refractivity contribution in [2.45, 2.75) is 12.8 Å². The van der Waals surface area contributed by atoms with Gasteiger partial charge >= 0.3 is 6.03 Å². The molecule has 1 N–H and O–H groups in total. The van der Waals surface area contributed by atoms with Crippen LogP contribution >= 0.6 is 0 Å². The van der Waals surface area contributed by atoms with Crippen LogP contribution in [0.3, 0.4) is 0 Å². The Morgan fingerprint density at radius 3 is 2.68 bits per heavy atom. The first-order chi connectivity index (χ1) is 9.08. The van der Waals surface area contributed by atoms with Crippen molar-refractivity contribution in [3.05, 3.63) is 29.8 Å². The number of urea groups is 1. The summed E-state index contributed by atoms with van der Waals surface area (Å²) in [6, 6.07) is 4.52. The molecule has 1 aliphatic rings. The Hall–Kier alpha value is -2.16. The molecule has 0 aromatic heterocycles. The first-order valence-electron chi connectivity index (χ1n) is 6.00. The highest BCUT2D eigenvalue weighted by Crippen LogP contribution is 2.18. The average molecular weight is 265 g/mol. The Kier molecular flexibility index (Phi) is 3.95. The van der Waals surface area contributed by atoms with E-state index in [-0.39, 0.29) is 11.6 Å². The monoisotopic (exact) mass is 265 g/mol. The summed E-state index contributed by atoms with van der Waals surface area (Å²) in [6.07, 6.45) is 1.53. The van der Waals surface area contributed by atoms with Crippen LogP contribution in [0.15, 0.2) is 18.2 Å². The predicted molar refractivity (Wildman–Crippen MR) is 65.3 cm³/mol. The third kappa shape index (κ3) is 3.41. The van der Waals surface area contributed by atoms with E-state index in [0.717, 1.165) is 31.0 Å². The van der Waals surface area contributed by atoms with E-state index in [1.807, 2.05) is 0 Å². The summed E-state index contributed by atoms with van der Waals surface area (Å²) in [5.74, 6) is -1.67. The Bertz CT molecular complexity index is 507. The van der Waals surface area contributed by atoms with Gasteiger partial charge in [0.25, 0.3) is 0 Å². The van der Waals surface area contributed by atoms with E-state index in [1.165, 1.54) is 4.90 Å². The first kappa shape index (κ1) is 13.3. The molecule has 0 bridgehead atoms. The summed E-state index contributed by atoms with van der Waals surface area (Å²) in [7, 11) is 0. The van der Waals surface area contributed by atoms with E-state index in [1.54, 1.807) is 0 Å². The second kappa shape index (κ2) is 5.65. The molecular weight excluding hydrogens is 252 g/mol. The second-order valence-electron chi connectivity index (χ2n) is 4.50. The zero-order valence-corrected chi connectivity index (χ0v) is 10.2. The number of hydrogen-bond acceptors (Lipinski definition) is 2. The fraction of sp³-hybridized carbons (Fsp3) is 0.385. The second-order valence-corrected chi connectivity index (χ2v) is 4.50. The molecule has 1 aliphatic heterocycles. The minimum atomic E-state index is -0.746. The summed E-state index contributed by atoms with van der Waals surface area (Å²) < 4.78 is 26.0. The predicted octanol–water partition coefficient (Wildman–Crippen LogP) is 2.73. The maximum atomic E-state index is 13.0. The van der Waals surface area contributed by atoms with Crippen LogP contribution in [0.1, 0.15) is 12.8 Å². The quantitative estimate of drug-likeness (QED) is 0.848. The van der Waals surface area contributed by atoms with Gasteiger partial charge in [-0.25, -0.2) is 13.6 Å². The molecule has 1 aromatic carbocycles. The molecule has 1 aromatic rings. The van der Waals surface area contributed by atoms with Gasteiger partial charge in [-0.15, -0.1) is 0 Å². The van der Waals surface area contributed by atoms with Crippen molar-refractivity contribution in [1.29, 1.82) is 5.26 Å². The number of carbonyl (C=O) groups is 1. The zero-order valence-electron chi connectivity index (χ0n) is 10.2. The number of amides is 2. The number of piperidine rings is 1. The number of rotatable bonds is 1. The van der Waals surface area contributed by atoms with Crippen LogP contribution in [0.4, 0.5) is 19.3 Å². The van der Waals surface area contributed by atoms with Gasteiger partial charge in [0.05, 0.1) is 12.0 Å². The number of nitrogens with one attached hydrogen (secondary N) is 1. The smallest absolute Gasteiger partial charge is 0.321 e. The van der Waals surface area contributed by atoms with Gasteiger partial charge in [-0.2, -0.15) is 5.26 Å². The lowest BCUT2D eigenvalue weighted by molar-refractivity contribution is 0.189. The molecule has 100 valence electrons. The van der Waals surface area contributed by atoms with Crippen LogP contribution in [0.25, 0.3) is 0 Å². The highest BCUT2D eigenvalue weighted by atomic mass is 19.1. The summed E-state index contributed by atoms with van der Waals surface area (Å²) in [5.41, 5.74) is 0.0709. The van der Waals surface area contributed by atoms with Crippen molar-refractivity contribution in [3.8, 4) is 6.07 Å². The largest absolute Gasteiger partial charge is 0.323 e. The molecule has 6 heteroatoms. The van der Waals surface area contributed by atoms with Crippen molar-refractivity contribution in [2.75, 3.05) is 18.4 Å². The standard InChI is InChI=1S/C13H13F2N3O/c14-10-4-11(15)6-12(5-10)17-13(19)18-3-1-2-9(7-16)8-18/h4-6,9H,1-3,8H2,(H,17,19)/t9-/m1/s1. The molecule has 0 unspecified atom stereocenters. The van der Waals surface area contributed by atoms with Crippen LogP contribution in [0.5, 0.6) is 0 Å². The van der Waals surface area contributed by atoms with E-state index >= 15 is 0 Å². The number of hydrogen-bond donors (Lipinski definition) is 1. The molecule has 19 heavy (non-hydrogen) atoms. The van der Waals surface area contributed by atoms with Crippen molar-refractivity contribution in [1.82, 2.24) is 4.90 Å². The molecule has 0 spiro atoms. The number of carbonyl (C=O) groups excluding carboxylic acids is 1. The maximum Gasteiger partial charge on any atom is 0.321 e. The fourth-order valence-electron chi connectivity index (χ4n) is 2.10. The van der Waals surface area contributed by atoms with Gasteiger partial charge in [-0.1, -0.05) is 0 Å². The third-order valence-corrected chi connectivity index (χ3v) is 3.01. The Labute approximate surface area is 109 Å². The molecule has 2 rings (SSSR count). The summed E-state index contributed by atoms with van der Waals surface area (Å²) in [6.45, 7) is 0.891. The van der Waals surface area contributed by atoms with Gasteiger partial charge in [0.15, 0.2) is 0 Å². The summed E-state index contributed by atoms with van der Waals surface area (Å²) in [4.78, 5) is 13.4. The van der Waals surface area contributed by atoms with Gasteiger partial charge in [0.2, 0.25) is 0 Å². The van der Waals surface area contributed by atoms with E-state index in [0.29, 0.717) is 13.1 Å². The Balaban J connectivity index is 2.02. The molecule has 0 radical (unpaired) electrons. The fourth-order valence-corrected chi connectivity index (χ4v) is 2.10. The van der Waals surface area contributed by atoms with Crippen molar-refractivity contribution in [3.63, 3.8) is 0 Å². The number of nitriles is 1. The van der Waals surface area contributed by atoms with E-state index < -0.39 is 17.7 Å². The topological polar surface area (TPSA) is 56.1 Å². The van der Waals surface area contributed by atoms with E-state index in [9.17, 15) is 13.6 Å². The molecule has 0 aliphatic carbocycles. The van der Waals surface area contributed by atoms with Gasteiger partial charge < -0.3 is 10.2 Å². The number of nitrogens with zero attached hydrogens (tertiary/aromatic N) is 2. The lowest BCUT2D eigenvalue weighted by atomic mass is 10.0. The van der Waals surface area contributed by atoms with Gasteiger partial charge in [0, 0.05) is 24.8 Å². The van der Waals surface area contributed by atoms with Gasteiger partial charge in [-0.3, -0.25) is 0 Å². The highest BCUT2D eigenvalue weighted by Gasteiger charge is 2.23. The molecule has 0 saturated carbocycles. The van der Waals surface area contributed by atoms with Crippen LogP contribution < -0.4 is 5.32 Å². The molecule has 4 nitrogen and oxygen atoms in total. The number of likely N-dealkylation sites (tertiary alicyclic amines) is 1. The normalized spacial score (nSPS) is 18.8. The SMILES string of the molecule is N#C[C@H]1CCCN(C(=O)Nc2cc(F)cc(F)c2)C1. The number of halogens is 2. The molecule has 2 amide bonds. The first-order valence-corrected chi connectivity index (χ1v) is 6.00. The van der Waals surface area contributed by atoms with Crippen molar-refractivity contribution in [2.24, 2.45) is 5.92 Å². The highest BCUT2D eigenvalue weighted by molar-refractivity contribution is 5.89. The van der Waals surface area contributed by atoms with Crippen LogP contribution in [-0.4, -0.2) is 24.0 Å². The van der Waals surface area contributed by atoms with Crippen LogP contribution in [0, 0.1) is 28.9 Å². The third-order valence-electron chi connectivity index (χ3n) is 3.01. The molecule has 1 heterocycles. The van der Waals surface area contributed by atoms with Gasteiger partial charge in [-0.05, 0) is 25.0 Å². The van der Waals surface area contributed by atoms with Crippen molar-refractivity contribution >= 4 is 11.7 Å². The average Bonchev–Trinajstić information content (AvgIpc) is 2.37. The molecule has 1 atom stereocenters. The Morgan fingerprint density at radius 2 is 2.05 bits per heavy atom. The zero-order chi connectivity index (χ0) is 13.8. The molecular formula is C13H13F2N3O. The number of benzene rings is 1. The number of anilines is 1. The van der Waals surface area contributed by atoms with E-state index in [2.05, 4.69) is 11.4 Å². The van der Waals surface area contributed by atoms with Gasteiger partial charge in [0.1, 0.15) is 11.6 Å². The van der Waals surface area contributed by atoms with Crippen molar-refractivity contribution < 1.29 is 13.6 Å². The van der Waals surface area contributed by atoms with Crippen LogP contribution in [-0.2, 0) is 0 Å². The lowest BCUT2D eigenvalue weighted by Gasteiger charge is -2.29. The molecule has 1 saturated heterocycles. The van der Waals surface area contributed by atoms with E-state index in [4.69, 9.17) is 5.26 Å².